The van der Waals surface area contributed by atoms with Crippen molar-refractivity contribution >= 4 is 11.6 Å². The highest BCUT2D eigenvalue weighted by Crippen LogP contribution is 2.43. The third-order valence-corrected chi connectivity index (χ3v) is 4.54. The van der Waals surface area contributed by atoms with Crippen molar-refractivity contribution in [1.82, 2.24) is 5.32 Å². The molecule has 0 spiro atoms. The molecule has 1 aromatic carbocycles. The summed E-state index contributed by atoms with van der Waals surface area (Å²) in [7, 11) is 0. The lowest BCUT2D eigenvalue weighted by molar-refractivity contribution is 0.152. The number of halogens is 1. The Bertz CT molecular complexity index is 440. The minimum absolute atomic E-state index is 0.337. The summed E-state index contributed by atoms with van der Waals surface area (Å²) in [4.78, 5) is 0. The van der Waals surface area contributed by atoms with Gasteiger partial charge in [-0.05, 0) is 43.2 Å². The molecule has 0 heterocycles. The molecule has 4 unspecified atom stereocenters. The zero-order valence-corrected chi connectivity index (χ0v) is 10.8. The van der Waals surface area contributed by atoms with Gasteiger partial charge in [0.25, 0.3) is 0 Å². The third-order valence-electron chi connectivity index (χ3n) is 4.20. The van der Waals surface area contributed by atoms with Crippen LogP contribution in [0.15, 0.2) is 36.4 Å². The second-order valence-corrected chi connectivity index (χ2v) is 5.66. The molecule has 0 bridgehead atoms. The second-order valence-electron chi connectivity index (χ2n) is 5.25. The maximum atomic E-state index is 6.22. The fourth-order valence-electron chi connectivity index (χ4n) is 3.14. The summed E-state index contributed by atoms with van der Waals surface area (Å²) in [6.45, 7) is 2.20. The van der Waals surface area contributed by atoms with Crippen LogP contribution in [0, 0.1) is 11.8 Å². The van der Waals surface area contributed by atoms with Crippen LogP contribution in [0.2, 0.25) is 5.02 Å². The van der Waals surface area contributed by atoms with E-state index in [1.165, 1.54) is 18.4 Å². The lowest BCUT2D eigenvalue weighted by Gasteiger charge is -2.42. The Morgan fingerprint density at radius 3 is 2.94 bits per heavy atom. The van der Waals surface area contributed by atoms with Crippen LogP contribution in [0.5, 0.6) is 0 Å². The number of allylic oxidation sites excluding steroid dienone is 1. The molecule has 0 amide bonds. The van der Waals surface area contributed by atoms with E-state index < -0.39 is 0 Å². The van der Waals surface area contributed by atoms with Crippen LogP contribution < -0.4 is 5.32 Å². The highest BCUT2D eigenvalue weighted by atomic mass is 35.5. The van der Waals surface area contributed by atoms with Gasteiger partial charge >= 0.3 is 0 Å². The molecule has 1 aromatic rings. The molecule has 2 heteroatoms. The van der Waals surface area contributed by atoms with E-state index in [4.69, 9.17) is 11.6 Å². The highest BCUT2D eigenvalue weighted by molar-refractivity contribution is 6.31. The fraction of sp³-hybridized carbons (Fsp3) is 0.467. The van der Waals surface area contributed by atoms with Gasteiger partial charge in [0.05, 0.1) is 0 Å². The fourth-order valence-corrected chi connectivity index (χ4v) is 3.44. The van der Waals surface area contributed by atoms with Crippen LogP contribution in [0.1, 0.15) is 31.4 Å². The van der Waals surface area contributed by atoms with E-state index in [1.54, 1.807) is 0 Å². The number of hydrogen-bond donors (Lipinski definition) is 1. The van der Waals surface area contributed by atoms with Gasteiger partial charge in [0.15, 0.2) is 0 Å². The van der Waals surface area contributed by atoms with E-state index in [0.717, 1.165) is 16.9 Å². The molecule has 0 radical (unpaired) electrons. The zero-order valence-electron chi connectivity index (χ0n) is 10.1. The minimum Gasteiger partial charge on any atom is -0.307 e. The molecule has 2 aliphatic rings. The molecule has 0 saturated heterocycles. The maximum absolute atomic E-state index is 6.22. The topological polar surface area (TPSA) is 12.0 Å². The van der Waals surface area contributed by atoms with Gasteiger partial charge in [-0.25, -0.2) is 0 Å². The molecular formula is C15H18ClN. The summed E-state index contributed by atoms with van der Waals surface area (Å²) in [5.74, 6) is 1.67. The monoisotopic (exact) mass is 247 g/mol. The predicted molar refractivity (Wildman–Crippen MR) is 72.1 cm³/mol. The lowest BCUT2D eigenvalue weighted by atomic mass is 9.71. The van der Waals surface area contributed by atoms with Crippen molar-refractivity contribution in [2.24, 2.45) is 11.8 Å². The number of rotatable bonds is 3. The minimum atomic E-state index is 0.337. The Morgan fingerprint density at radius 2 is 2.18 bits per heavy atom. The van der Waals surface area contributed by atoms with Crippen LogP contribution >= 0.6 is 11.6 Å². The summed E-state index contributed by atoms with van der Waals surface area (Å²) in [5.41, 5.74) is 1.21. The number of nitrogens with one attached hydrogen (secondary N) is 1. The molecule has 90 valence electrons. The SMILES string of the molecule is CC(NC1CC2CC=CC21)c1ccccc1Cl. The molecular weight excluding hydrogens is 230 g/mol. The number of benzene rings is 1. The highest BCUT2D eigenvalue weighted by Gasteiger charge is 2.41. The first-order valence-corrected chi connectivity index (χ1v) is 6.80. The van der Waals surface area contributed by atoms with E-state index in [1.807, 2.05) is 12.1 Å². The zero-order chi connectivity index (χ0) is 11.8. The van der Waals surface area contributed by atoms with Crippen molar-refractivity contribution in [1.29, 1.82) is 0 Å². The number of fused-ring (bicyclic) bond motifs is 1. The Hall–Kier alpha value is -0.790. The molecule has 1 saturated carbocycles. The molecule has 1 N–H and O–H groups in total. The third kappa shape index (κ3) is 2.02. The molecule has 0 aromatic heterocycles. The van der Waals surface area contributed by atoms with Crippen LogP contribution in [0.25, 0.3) is 0 Å². The van der Waals surface area contributed by atoms with Crippen molar-refractivity contribution in [3.05, 3.63) is 47.0 Å². The summed E-state index contributed by atoms with van der Waals surface area (Å²) in [6, 6.07) is 9.10. The van der Waals surface area contributed by atoms with Gasteiger partial charge in [-0.3, -0.25) is 0 Å². The Kier molecular flexibility index (Phi) is 2.97. The molecule has 17 heavy (non-hydrogen) atoms. The molecule has 0 aliphatic heterocycles. The quantitative estimate of drug-likeness (QED) is 0.798. The van der Waals surface area contributed by atoms with E-state index in [0.29, 0.717) is 12.1 Å². The average Bonchev–Trinajstić information content (AvgIpc) is 2.68. The van der Waals surface area contributed by atoms with Crippen LogP contribution in [-0.2, 0) is 0 Å². The van der Waals surface area contributed by atoms with Crippen molar-refractivity contribution < 1.29 is 0 Å². The standard InChI is InChI=1S/C15H18ClN/c1-10(12-6-2-3-8-14(12)16)17-15-9-11-5-4-7-13(11)15/h2-4,6-8,10-11,13,15,17H,5,9H2,1H3. The average molecular weight is 248 g/mol. The van der Waals surface area contributed by atoms with Crippen molar-refractivity contribution in [2.75, 3.05) is 0 Å². The molecule has 4 atom stereocenters. The first-order chi connectivity index (χ1) is 8.25. The molecule has 2 aliphatic carbocycles. The summed E-state index contributed by atoms with van der Waals surface area (Å²) in [6.07, 6.45) is 7.30. The van der Waals surface area contributed by atoms with Crippen molar-refractivity contribution in [3.8, 4) is 0 Å². The second kappa shape index (κ2) is 4.47. The normalized spacial score (nSPS) is 32.0. The Balaban J connectivity index is 1.66. The van der Waals surface area contributed by atoms with Gasteiger partial charge in [0.2, 0.25) is 0 Å². The van der Waals surface area contributed by atoms with Gasteiger partial charge in [-0.2, -0.15) is 0 Å². The van der Waals surface area contributed by atoms with E-state index in [-0.39, 0.29) is 0 Å². The summed E-state index contributed by atoms with van der Waals surface area (Å²) < 4.78 is 0. The first-order valence-electron chi connectivity index (χ1n) is 6.43. The molecule has 1 nitrogen and oxygen atoms in total. The Morgan fingerprint density at radius 1 is 1.35 bits per heavy atom. The lowest BCUT2D eigenvalue weighted by Crippen LogP contribution is -2.48. The van der Waals surface area contributed by atoms with E-state index >= 15 is 0 Å². The molecule has 3 rings (SSSR count). The van der Waals surface area contributed by atoms with Gasteiger partial charge in [0, 0.05) is 17.1 Å². The Labute approximate surface area is 108 Å². The van der Waals surface area contributed by atoms with Gasteiger partial charge in [0.1, 0.15) is 0 Å². The van der Waals surface area contributed by atoms with Gasteiger partial charge < -0.3 is 5.32 Å². The smallest absolute Gasteiger partial charge is 0.0453 e. The van der Waals surface area contributed by atoms with Crippen molar-refractivity contribution in [3.63, 3.8) is 0 Å². The molecule has 1 fully saturated rings. The first kappa shape index (κ1) is 11.3. The predicted octanol–water partition coefficient (Wildman–Crippen LogP) is 3.96. The van der Waals surface area contributed by atoms with E-state index in [2.05, 4.69) is 36.5 Å². The maximum Gasteiger partial charge on any atom is 0.0453 e. The van der Waals surface area contributed by atoms with Crippen LogP contribution in [0.4, 0.5) is 0 Å². The largest absolute Gasteiger partial charge is 0.307 e. The van der Waals surface area contributed by atoms with Crippen LogP contribution in [-0.4, -0.2) is 6.04 Å². The van der Waals surface area contributed by atoms with Crippen LogP contribution in [0.3, 0.4) is 0 Å². The van der Waals surface area contributed by atoms with Crippen molar-refractivity contribution in [2.45, 2.75) is 31.8 Å². The van der Waals surface area contributed by atoms with Gasteiger partial charge in [-0.1, -0.05) is 42.0 Å². The van der Waals surface area contributed by atoms with Gasteiger partial charge in [-0.15, -0.1) is 0 Å². The summed E-state index contributed by atoms with van der Waals surface area (Å²) >= 11 is 6.22. The number of hydrogen-bond acceptors (Lipinski definition) is 1. The van der Waals surface area contributed by atoms with E-state index in [9.17, 15) is 0 Å². The summed E-state index contributed by atoms with van der Waals surface area (Å²) in [5, 5.41) is 4.58.